The predicted molar refractivity (Wildman–Crippen MR) is 80.7 cm³/mol. The van der Waals surface area contributed by atoms with Crippen molar-refractivity contribution >= 4 is 5.84 Å². The van der Waals surface area contributed by atoms with Gasteiger partial charge in [-0.2, -0.15) is 10.5 Å². The van der Waals surface area contributed by atoms with Gasteiger partial charge < -0.3 is 15.2 Å². The van der Waals surface area contributed by atoms with Crippen LogP contribution in [-0.2, 0) is 14.9 Å². The Morgan fingerprint density at radius 3 is 2.46 bits per heavy atom. The van der Waals surface area contributed by atoms with Gasteiger partial charge in [-0.15, -0.1) is 0 Å². The molecule has 1 saturated heterocycles. The number of nitrogens with zero attached hydrogens (tertiary/aromatic N) is 3. The predicted octanol–water partition coefficient (Wildman–Crippen LogP) is 1.58. The maximum Gasteiger partial charge on any atom is 0.294 e. The molecule has 5 atom stereocenters. The van der Waals surface area contributed by atoms with Crippen LogP contribution in [0.5, 0.6) is 0 Å². The van der Waals surface area contributed by atoms with Crippen LogP contribution in [0.25, 0.3) is 0 Å². The zero-order valence-corrected chi connectivity index (χ0v) is 13.2. The second-order valence-electron chi connectivity index (χ2n) is 6.67. The van der Waals surface area contributed by atoms with Crippen LogP contribution in [-0.4, -0.2) is 24.5 Å². The molecule has 3 aliphatic rings. The number of rotatable bonds is 1. The molecule has 0 radical (unpaired) electrons. The molecule has 0 aromatic heterocycles. The van der Waals surface area contributed by atoms with Crippen molar-refractivity contribution in [3.8, 4) is 12.1 Å². The summed E-state index contributed by atoms with van der Waals surface area (Å²) >= 11 is 0. The fourth-order valence-corrected chi connectivity index (χ4v) is 4.61. The van der Waals surface area contributed by atoms with E-state index in [2.05, 4.69) is 17.1 Å². The molecule has 0 bridgehead atoms. The average Bonchev–Trinajstić information content (AvgIpc) is 2.75. The molecular formula is C17H15FN4O2. The Balaban J connectivity index is 1.98. The van der Waals surface area contributed by atoms with E-state index in [-0.39, 0.29) is 18.5 Å². The summed E-state index contributed by atoms with van der Waals surface area (Å²) in [6.07, 6.45) is -0.278. The lowest BCUT2D eigenvalue weighted by Gasteiger charge is -2.30. The highest BCUT2D eigenvalue weighted by atomic mass is 19.1. The van der Waals surface area contributed by atoms with Crippen molar-refractivity contribution in [3.05, 3.63) is 35.6 Å². The van der Waals surface area contributed by atoms with E-state index in [0.29, 0.717) is 5.56 Å². The van der Waals surface area contributed by atoms with Gasteiger partial charge >= 0.3 is 0 Å². The van der Waals surface area contributed by atoms with Gasteiger partial charge in [-0.3, -0.25) is 0 Å². The van der Waals surface area contributed by atoms with Crippen molar-refractivity contribution in [2.45, 2.75) is 31.3 Å². The maximum atomic E-state index is 13.3. The molecule has 1 aliphatic carbocycles. The van der Waals surface area contributed by atoms with E-state index in [9.17, 15) is 14.9 Å². The van der Waals surface area contributed by atoms with Crippen LogP contribution in [0.3, 0.4) is 0 Å². The van der Waals surface area contributed by atoms with Crippen LogP contribution in [0, 0.1) is 39.3 Å². The van der Waals surface area contributed by atoms with Gasteiger partial charge in [-0.1, -0.05) is 19.1 Å². The third kappa shape index (κ3) is 1.17. The molecule has 7 heteroatoms. The first-order valence-corrected chi connectivity index (χ1v) is 7.61. The third-order valence-electron chi connectivity index (χ3n) is 5.76. The minimum Gasteiger partial charge on any atom is -0.386 e. The number of nitrogens with two attached hydrogens (primary N) is 1. The highest BCUT2D eigenvalue weighted by Gasteiger charge is 3.00. The number of aliphatic imine (C=N–C) groups is 1. The first kappa shape index (κ1) is 15.1. The quantitative estimate of drug-likeness (QED) is 0.843. The second kappa shape index (κ2) is 4.13. The van der Waals surface area contributed by atoms with Gasteiger partial charge in [0.2, 0.25) is 0 Å². The number of amidine groups is 1. The Morgan fingerprint density at radius 2 is 1.96 bits per heavy atom. The third-order valence-corrected chi connectivity index (χ3v) is 5.76. The molecule has 0 unspecified atom stereocenters. The Bertz CT molecular complexity index is 857. The summed E-state index contributed by atoms with van der Waals surface area (Å²) in [5, 5.41) is 20.0. The first-order chi connectivity index (χ1) is 11.3. The standard InChI is InChI=1S/C17H15FN4O2/c1-10-7-23-17(24-10)16(9-20)14(2,11-3-5-12(18)6-4-11)15(16,8-19)13(21)22-17/h3-6,10H,7H2,1-2H3,(H2,21,22)/t10-,14-,15-,16+,17+/m0/s1. The van der Waals surface area contributed by atoms with Crippen LogP contribution in [0.15, 0.2) is 29.3 Å². The van der Waals surface area contributed by atoms with E-state index in [1.165, 1.54) is 12.1 Å². The summed E-state index contributed by atoms with van der Waals surface area (Å²) in [7, 11) is 0. The lowest BCUT2D eigenvalue weighted by molar-refractivity contribution is -0.196. The molecule has 122 valence electrons. The monoisotopic (exact) mass is 326 g/mol. The van der Waals surface area contributed by atoms with Gasteiger partial charge in [0, 0.05) is 5.41 Å². The molecule has 2 N–H and O–H groups in total. The molecule has 2 heterocycles. The lowest BCUT2D eigenvalue weighted by atomic mass is 9.84. The highest BCUT2D eigenvalue weighted by molar-refractivity contribution is 6.02. The number of benzene rings is 1. The van der Waals surface area contributed by atoms with Crippen molar-refractivity contribution < 1.29 is 13.9 Å². The van der Waals surface area contributed by atoms with Gasteiger partial charge in [-0.05, 0) is 24.6 Å². The van der Waals surface area contributed by atoms with Crippen LogP contribution in [0.1, 0.15) is 19.4 Å². The summed E-state index contributed by atoms with van der Waals surface area (Å²) < 4.78 is 25.0. The van der Waals surface area contributed by atoms with Crippen LogP contribution in [0.2, 0.25) is 0 Å². The molecule has 1 saturated carbocycles. The lowest BCUT2D eigenvalue weighted by Crippen LogP contribution is -2.42. The molecule has 6 nitrogen and oxygen atoms in total. The fourth-order valence-electron chi connectivity index (χ4n) is 4.61. The van der Waals surface area contributed by atoms with Crippen molar-refractivity contribution in [3.63, 3.8) is 0 Å². The minimum absolute atomic E-state index is 0.0208. The molecule has 2 aliphatic heterocycles. The summed E-state index contributed by atoms with van der Waals surface area (Å²) in [6, 6.07) is 10.1. The molecule has 24 heavy (non-hydrogen) atoms. The van der Waals surface area contributed by atoms with E-state index in [0.717, 1.165) is 0 Å². The van der Waals surface area contributed by atoms with Gasteiger partial charge in [0.05, 0.1) is 24.8 Å². The number of ether oxygens (including phenoxy) is 2. The van der Waals surface area contributed by atoms with Gasteiger partial charge in [0.1, 0.15) is 11.7 Å². The van der Waals surface area contributed by atoms with Gasteiger partial charge in [0.25, 0.3) is 5.91 Å². The van der Waals surface area contributed by atoms with Crippen molar-refractivity contribution in [1.82, 2.24) is 0 Å². The largest absolute Gasteiger partial charge is 0.386 e. The number of nitriles is 2. The number of halogens is 1. The van der Waals surface area contributed by atoms with Crippen LogP contribution >= 0.6 is 0 Å². The zero-order chi connectivity index (χ0) is 17.4. The SMILES string of the molecule is C[C@H]1CO[C@@]2(N=C(N)[C@@]3(C#N)[C@](C)(c4ccc(F)cc4)[C@@]23C#N)O1. The average molecular weight is 326 g/mol. The summed E-state index contributed by atoms with van der Waals surface area (Å²) in [4.78, 5) is 4.26. The number of hydrogen-bond donors (Lipinski definition) is 1. The van der Waals surface area contributed by atoms with Gasteiger partial charge in [-0.25, -0.2) is 9.38 Å². The zero-order valence-electron chi connectivity index (χ0n) is 13.2. The van der Waals surface area contributed by atoms with E-state index in [1.54, 1.807) is 26.0 Å². The Kier molecular flexibility index (Phi) is 2.59. The molecule has 1 aromatic rings. The van der Waals surface area contributed by atoms with Crippen molar-refractivity contribution in [1.29, 1.82) is 10.5 Å². The van der Waals surface area contributed by atoms with E-state index >= 15 is 0 Å². The number of hydrogen-bond acceptors (Lipinski definition) is 6. The fraction of sp³-hybridized carbons (Fsp3) is 0.471. The maximum absolute atomic E-state index is 13.3. The Labute approximate surface area is 138 Å². The molecule has 0 amide bonds. The number of fused-ring (bicyclic) bond motifs is 2. The minimum atomic E-state index is -1.61. The molecule has 2 fully saturated rings. The van der Waals surface area contributed by atoms with Crippen molar-refractivity contribution in [2.24, 2.45) is 21.6 Å². The normalized spacial score (nSPS) is 45.4. The van der Waals surface area contributed by atoms with E-state index < -0.39 is 28.0 Å². The molecular weight excluding hydrogens is 311 g/mol. The summed E-state index contributed by atoms with van der Waals surface area (Å²) in [6.45, 7) is 3.81. The smallest absolute Gasteiger partial charge is 0.294 e. The van der Waals surface area contributed by atoms with Crippen LogP contribution in [0.4, 0.5) is 4.39 Å². The Morgan fingerprint density at radius 1 is 1.29 bits per heavy atom. The summed E-state index contributed by atoms with van der Waals surface area (Å²) in [5.74, 6) is -1.99. The molecule has 1 aromatic carbocycles. The molecule has 1 spiro atoms. The Hall–Kier alpha value is -2.48. The van der Waals surface area contributed by atoms with Crippen molar-refractivity contribution in [2.75, 3.05) is 6.61 Å². The second-order valence-corrected chi connectivity index (χ2v) is 6.67. The van der Waals surface area contributed by atoms with E-state index in [1.807, 2.05) is 0 Å². The first-order valence-electron chi connectivity index (χ1n) is 7.61. The van der Waals surface area contributed by atoms with Crippen LogP contribution < -0.4 is 5.73 Å². The van der Waals surface area contributed by atoms with E-state index in [4.69, 9.17) is 15.2 Å². The molecule has 4 rings (SSSR count). The highest BCUT2D eigenvalue weighted by Crippen LogP contribution is 2.85. The topological polar surface area (TPSA) is 104 Å². The summed E-state index contributed by atoms with van der Waals surface area (Å²) in [5.41, 5.74) is 2.91. The van der Waals surface area contributed by atoms with Gasteiger partial charge in [0.15, 0.2) is 10.8 Å².